The highest BCUT2D eigenvalue weighted by molar-refractivity contribution is 5.98. The molecule has 178 valence electrons. The van der Waals surface area contributed by atoms with Crippen LogP contribution in [0.4, 0.5) is 0 Å². The number of carboxylic acids is 1. The highest BCUT2D eigenvalue weighted by Crippen LogP contribution is 2.29. The number of nitrogens with two attached hydrogens (primary N) is 1. The summed E-state index contributed by atoms with van der Waals surface area (Å²) >= 11 is 0. The number of ether oxygens (including phenoxy) is 2. The second kappa shape index (κ2) is 11.8. The van der Waals surface area contributed by atoms with Crippen molar-refractivity contribution in [3.8, 4) is 11.5 Å². The lowest BCUT2D eigenvalue weighted by Crippen LogP contribution is -2.19. The zero-order valence-corrected chi connectivity index (χ0v) is 19.5. The zero-order chi connectivity index (χ0) is 21.8. The molecule has 0 saturated carbocycles. The quantitative estimate of drug-likeness (QED) is 0.263. The van der Waals surface area contributed by atoms with Crippen LogP contribution in [0.5, 0.6) is 11.5 Å². The van der Waals surface area contributed by atoms with Crippen molar-refractivity contribution < 1.29 is 23.8 Å². The van der Waals surface area contributed by atoms with Gasteiger partial charge in [0.1, 0.15) is 34.8 Å². The Morgan fingerprint density at radius 3 is 2.70 bits per heavy atom. The third-order valence-corrected chi connectivity index (χ3v) is 5.23. The van der Waals surface area contributed by atoms with E-state index in [9.17, 15) is 4.79 Å². The van der Waals surface area contributed by atoms with Crippen molar-refractivity contribution in [2.75, 3.05) is 19.7 Å². The Morgan fingerprint density at radius 2 is 2.00 bits per heavy atom. The second-order valence-electron chi connectivity index (χ2n) is 7.56. The molecule has 1 aliphatic heterocycles. The van der Waals surface area contributed by atoms with Gasteiger partial charge >= 0.3 is 5.97 Å². The fourth-order valence-corrected chi connectivity index (χ4v) is 3.66. The van der Waals surface area contributed by atoms with E-state index in [2.05, 4.69) is 5.32 Å². The fourth-order valence-electron chi connectivity index (χ4n) is 3.66. The van der Waals surface area contributed by atoms with Gasteiger partial charge in [0.05, 0.1) is 0 Å². The Hall–Kier alpha value is -2.94. The van der Waals surface area contributed by atoms with Crippen LogP contribution in [0.2, 0.25) is 0 Å². The number of rotatable bonds is 9. The first kappa shape index (κ1) is 26.3. The molecule has 1 saturated heterocycles. The minimum atomic E-state index is -1.03. The molecule has 3 aromatic rings. The lowest BCUT2D eigenvalue weighted by Gasteiger charge is -2.16. The van der Waals surface area contributed by atoms with Gasteiger partial charge in [0, 0.05) is 30.0 Å². The van der Waals surface area contributed by atoms with Crippen molar-refractivity contribution in [2.24, 2.45) is 5.73 Å². The topological polar surface area (TPSA) is 131 Å². The molecule has 1 atom stereocenters. The van der Waals surface area contributed by atoms with Crippen LogP contribution in [0.3, 0.4) is 0 Å². The van der Waals surface area contributed by atoms with E-state index in [0.29, 0.717) is 29.9 Å². The predicted octanol–water partition coefficient (Wildman–Crippen LogP) is 3.55. The molecule has 2 heterocycles. The zero-order valence-electron chi connectivity index (χ0n) is 17.8. The molecular formula is C23H27Cl2N3O5. The smallest absolute Gasteiger partial charge is 0.341 e. The summed E-state index contributed by atoms with van der Waals surface area (Å²) in [6, 6.07) is 12.9. The number of hydrogen-bond donors (Lipinski definition) is 4. The molecule has 10 heteroatoms. The van der Waals surface area contributed by atoms with Gasteiger partial charge < -0.3 is 30.0 Å². The Morgan fingerprint density at radius 1 is 1.18 bits per heavy atom. The molecule has 0 radical (unpaired) electrons. The van der Waals surface area contributed by atoms with Crippen LogP contribution in [0, 0.1) is 5.41 Å². The first-order valence-electron chi connectivity index (χ1n) is 10.2. The van der Waals surface area contributed by atoms with Crippen molar-refractivity contribution in [1.29, 1.82) is 5.41 Å². The van der Waals surface area contributed by atoms with Crippen LogP contribution in [0.25, 0.3) is 11.0 Å². The van der Waals surface area contributed by atoms with E-state index < -0.39 is 12.6 Å². The van der Waals surface area contributed by atoms with Crippen molar-refractivity contribution in [3.63, 3.8) is 0 Å². The number of carbonyl (C=O) groups is 1. The summed E-state index contributed by atoms with van der Waals surface area (Å²) in [5.41, 5.74) is 7.82. The number of fused-ring (bicyclic) bond motifs is 1. The van der Waals surface area contributed by atoms with Gasteiger partial charge in [-0.2, -0.15) is 0 Å². The Bertz CT molecular complexity index is 1110. The number of hydrogen-bond acceptors (Lipinski definition) is 6. The van der Waals surface area contributed by atoms with Crippen LogP contribution in [-0.4, -0.2) is 42.7 Å². The van der Waals surface area contributed by atoms with E-state index in [-0.39, 0.29) is 36.8 Å². The number of nitrogen functional groups attached to an aromatic ring is 1. The number of furan rings is 1. The number of nitrogens with one attached hydrogen (secondary N) is 2. The summed E-state index contributed by atoms with van der Waals surface area (Å²) < 4.78 is 17.4. The number of amidine groups is 1. The Balaban J connectivity index is 0.00000193. The second-order valence-corrected chi connectivity index (χ2v) is 7.56. The summed E-state index contributed by atoms with van der Waals surface area (Å²) in [5, 5.41) is 20.7. The van der Waals surface area contributed by atoms with Gasteiger partial charge in [0.15, 0.2) is 6.61 Å². The summed E-state index contributed by atoms with van der Waals surface area (Å²) in [6.07, 6.45) is 2.26. The van der Waals surface area contributed by atoms with Gasteiger partial charge in [-0.3, -0.25) is 5.41 Å². The van der Waals surface area contributed by atoms with Gasteiger partial charge in [-0.15, -0.1) is 24.8 Å². The van der Waals surface area contributed by atoms with Crippen molar-refractivity contribution in [2.45, 2.75) is 25.4 Å². The molecule has 4 rings (SSSR count). The molecule has 0 bridgehead atoms. The average molecular weight is 496 g/mol. The van der Waals surface area contributed by atoms with E-state index in [1.165, 1.54) is 0 Å². The summed E-state index contributed by atoms with van der Waals surface area (Å²) in [6.45, 7) is 1.31. The van der Waals surface area contributed by atoms with E-state index in [1.54, 1.807) is 18.2 Å². The molecule has 1 aromatic heterocycles. The molecular weight excluding hydrogens is 469 g/mol. The fraction of sp³-hybridized carbons (Fsp3) is 0.304. The van der Waals surface area contributed by atoms with Crippen molar-refractivity contribution in [1.82, 2.24) is 5.32 Å². The highest BCUT2D eigenvalue weighted by Gasteiger charge is 2.17. The van der Waals surface area contributed by atoms with Gasteiger partial charge in [-0.25, -0.2) is 4.79 Å². The van der Waals surface area contributed by atoms with Crippen LogP contribution in [0.1, 0.15) is 23.3 Å². The third kappa shape index (κ3) is 6.77. The van der Waals surface area contributed by atoms with Crippen LogP contribution >= 0.6 is 24.8 Å². The van der Waals surface area contributed by atoms with Crippen LogP contribution < -0.4 is 20.5 Å². The SMILES string of the molecule is Cl.Cl.N=C(N)c1ccc2oc(CCc3ccc(O[C@H]4CCNC4)cc3OCC(=O)O)cc2c1. The third-order valence-electron chi connectivity index (χ3n) is 5.23. The van der Waals surface area contributed by atoms with E-state index in [0.717, 1.165) is 41.8 Å². The number of benzene rings is 2. The minimum Gasteiger partial charge on any atom is -0.489 e. The summed E-state index contributed by atoms with van der Waals surface area (Å²) in [7, 11) is 0. The monoisotopic (exact) mass is 495 g/mol. The van der Waals surface area contributed by atoms with Gasteiger partial charge in [0.2, 0.25) is 0 Å². The van der Waals surface area contributed by atoms with E-state index >= 15 is 0 Å². The van der Waals surface area contributed by atoms with Crippen LogP contribution in [-0.2, 0) is 17.6 Å². The number of aliphatic carboxylic acids is 1. The molecule has 5 N–H and O–H groups in total. The van der Waals surface area contributed by atoms with Crippen molar-refractivity contribution >= 4 is 47.6 Å². The van der Waals surface area contributed by atoms with Gasteiger partial charge in [-0.1, -0.05) is 6.07 Å². The molecule has 0 spiro atoms. The Labute approximate surface area is 203 Å². The first-order chi connectivity index (χ1) is 15.0. The molecule has 1 aliphatic rings. The minimum absolute atomic E-state index is 0. The molecule has 33 heavy (non-hydrogen) atoms. The number of carboxylic acid groups (broad SMARTS) is 1. The maximum atomic E-state index is 11.0. The largest absolute Gasteiger partial charge is 0.489 e. The maximum Gasteiger partial charge on any atom is 0.341 e. The maximum absolute atomic E-state index is 11.0. The van der Waals surface area contributed by atoms with Crippen molar-refractivity contribution in [3.05, 3.63) is 59.4 Å². The average Bonchev–Trinajstić information content (AvgIpc) is 3.40. The van der Waals surface area contributed by atoms with E-state index in [4.69, 9.17) is 30.1 Å². The lowest BCUT2D eigenvalue weighted by molar-refractivity contribution is -0.139. The first-order valence-corrected chi connectivity index (χ1v) is 10.2. The molecule has 8 nitrogen and oxygen atoms in total. The molecule has 2 aromatic carbocycles. The molecule has 0 amide bonds. The Kier molecular flexibility index (Phi) is 9.40. The molecule has 0 aliphatic carbocycles. The molecule has 1 fully saturated rings. The summed E-state index contributed by atoms with van der Waals surface area (Å²) in [5.74, 6) is 0.938. The summed E-state index contributed by atoms with van der Waals surface area (Å²) in [4.78, 5) is 11.0. The van der Waals surface area contributed by atoms with Crippen LogP contribution in [0.15, 0.2) is 46.9 Å². The number of aryl methyl sites for hydroxylation is 2. The predicted molar refractivity (Wildman–Crippen MR) is 131 cm³/mol. The van der Waals surface area contributed by atoms with E-state index in [1.807, 2.05) is 24.3 Å². The standard InChI is InChI=1S/C23H25N3O5.2ClH/c24-23(25)15-3-6-20-16(9-15)10-17(31-20)4-1-14-2-5-18(30-19-7-8-26-12-19)11-21(14)29-13-22(27)28;;/h2-3,5-6,9-11,19,26H,1,4,7-8,12-13H2,(H3,24,25)(H,27,28);2*1H/t19-;;/m0../s1. The lowest BCUT2D eigenvalue weighted by atomic mass is 10.1. The van der Waals surface area contributed by atoms with Gasteiger partial charge in [-0.05, 0) is 55.3 Å². The molecule has 0 unspecified atom stereocenters. The highest BCUT2D eigenvalue weighted by atomic mass is 35.5. The normalized spacial score (nSPS) is 14.8. The number of halogens is 2. The van der Waals surface area contributed by atoms with Gasteiger partial charge in [0.25, 0.3) is 0 Å².